The Bertz CT molecular complexity index is 1240. The Kier molecular flexibility index (Phi) is 6.28. The number of hydrogen-bond donors (Lipinski definition) is 1. The van der Waals surface area contributed by atoms with Crippen LogP contribution < -0.4 is 14.8 Å². The van der Waals surface area contributed by atoms with E-state index in [9.17, 15) is 0 Å². The fraction of sp³-hybridized carbons (Fsp3) is 0.231. The third kappa shape index (κ3) is 5.02. The molecular formula is C26H25ClN4O2. The first-order valence-corrected chi connectivity index (χ1v) is 11.4. The lowest BCUT2D eigenvalue weighted by Crippen LogP contribution is -2.35. The number of nitrogens with one attached hydrogen (secondary N) is 1. The Hall–Kier alpha value is -3.35. The molecule has 2 heterocycles. The van der Waals surface area contributed by atoms with Gasteiger partial charge in [-0.1, -0.05) is 35.9 Å². The molecule has 1 aliphatic rings. The zero-order valence-electron chi connectivity index (χ0n) is 18.4. The Labute approximate surface area is 198 Å². The van der Waals surface area contributed by atoms with Gasteiger partial charge in [-0.2, -0.15) is 0 Å². The third-order valence-electron chi connectivity index (χ3n) is 5.75. The van der Waals surface area contributed by atoms with Crippen molar-refractivity contribution in [2.24, 2.45) is 0 Å². The summed E-state index contributed by atoms with van der Waals surface area (Å²) >= 11 is 6.51. The molecule has 0 saturated carbocycles. The number of fused-ring (bicyclic) bond motifs is 1. The third-order valence-corrected chi connectivity index (χ3v) is 6.04. The molecule has 0 amide bonds. The number of piperidine rings is 1. The number of anilines is 2. The minimum atomic E-state index is 0.184. The average Bonchev–Trinajstić information content (AvgIpc) is 2.83. The summed E-state index contributed by atoms with van der Waals surface area (Å²) in [6, 6.07) is 21.1. The second-order valence-electron chi connectivity index (χ2n) is 8.18. The summed E-state index contributed by atoms with van der Waals surface area (Å²) in [5.41, 5.74) is 1.63. The van der Waals surface area contributed by atoms with Crippen molar-refractivity contribution in [3.63, 3.8) is 0 Å². The Morgan fingerprint density at radius 3 is 2.55 bits per heavy atom. The van der Waals surface area contributed by atoms with Crippen LogP contribution in [0.25, 0.3) is 10.9 Å². The van der Waals surface area contributed by atoms with E-state index in [0.717, 1.165) is 54.0 Å². The van der Waals surface area contributed by atoms with E-state index in [0.29, 0.717) is 16.6 Å². The number of rotatable bonds is 6. The van der Waals surface area contributed by atoms with E-state index < -0.39 is 0 Å². The first kappa shape index (κ1) is 21.5. The average molecular weight is 461 g/mol. The van der Waals surface area contributed by atoms with E-state index in [4.69, 9.17) is 21.1 Å². The molecule has 1 aliphatic heterocycles. The number of para-hydroxylation sites is 1. The van der Waals surface area contributed by atoms with E-state index in [2.05, 4.69) is 27.2 Å². The van der Waals surface area contributed by atoms with Crippen LogP contribution in [0.2, 0.25) is 5.02 Å². The van der Waals surface area contributed by atoms with Crippen molar-refractivity contribution >= 4 is 34.0 Å². The Morgan fingerprint density at radius 1 is 0.939 bits per heavy atom. The number of benzene rings is 3. The predicted octanol–water partition coefficient (Wildman–Crippen LogP) is 6.29. The molecule has 1 saturated heterocycles. The van der Waals surface area contributed by atoms with Gasteiger partial charge in [-0.05, 0) is 62.4 Å². The summed E-state index contributed by atoms with van der Waals surface area (Å²) in [4.78, 5) is 11.3. The molecule has 5 rings (SSSR count). The quantitative estimate of drug-likeness (QED) is 0.364. The molecule has 0 aliphatic carbocycles. The molecule has 0 unspecified atom stereocenters. The highest BCUT2D eigenvalue weighted by Gasteiger charge is 2.20. The fourth-order valence-electron chi connectivity index (χ4n) is 3.97. The topological polar surface area (TPSA) is 59.5 Å². The second-order valence-corrected chi connectivity index (χ2v) is 8.59. The van der Waals surface area contributed by atoms with Crippen LogP contribution in [0.4, 0.5) is 11.5 Å². The van der Waals surface area contributed by atoms with Crippen molar-refractivity contribution < 1.29 is 9.47 Å². The molecule has 6 nitrogen and oxygen atoms in total. The molecule has 0 radical (unpaired) electrons. The molecule has 1 N–H and O–H groups in total. The summed E-state index contributed by atoms with van der Waals surface area (Å²) < 4.78 is 12.3. The molecule has 1 fully saturated rings. The van der Waals surface area contributed by atoms with Gasteiger partial charge in [0.25, 0.3) is 0 Å². The predicted molar refractivity (Wildman–Crippen MR) is 132 cm³/mol. The fourth-order valence-corrected chi connectivity index (χ4v) is 4.19. The SMILES string of the molecule is CN1CCC(Oc2cccc3ncnc(Nc4ccc(Oc5ccccc5)c(Cl)c4)c23)CC1. The number of aromatic nitrogens is 2. The van der Waals surface area contributed by atoms with Crippen molar-refractivity contribution in [1.82, 2.24) is 14.9 Å². The number of ether oxygens (including phenoxy) is 2. The summed E-state index contributed by atoms with van der Waals surface area (Å²) in [7, 11) is 2.14. The van der Waals surface area contributed by atoms with Gasteiger partial charge in [0.05, 0.1) is 15.9 Å². The Balaban J connectivity index is 1.40. The van der Waals surface area contributed by atoms with Gasteiger partial charge in [0, 0.05) is 18.8 Å². The van der Waals surface area contributed by atoms with Crippen molar-refractivity contribution in [2.45, 2.75) is 18.9 Å². The van der Waals surface area contributed by atoms with Crippen LogP contribution in [0, 0.1) is 0 Å². The highest BCUT2D eigenvalue weighted by atomic mass is 35.5. The van der Waals surface area contributed by atoms with Crippen molar-refractivity contribution in [3.05, 3.63) is 78.1 Å². The van der Waals surface area contributed by atoms with Gasteiger partial charge in [0.15, 0.2) is 0 Å². The molecule has 3 aromatic carbocycles. The minimum Gasteiger partial charge on any atom is -0.489 e. The second kappa shape index (κ2) is 9.65. The van der Waals surface area contributed by atoms with Gasteiger partial charge in [-0.3, -0.25) is 0 Å². The molecule has 7 heteroatoms. The number of hydrogen-bond acceptors (Lipinski definition) is 6. The maximum Gasteiger partial charge on any atom is 0.146 e. The maximum atomic E-state index is 6.51. The number of halogens is 1. The van der Waals surface area contributed by atoms with E-state index in [1.165, 1.54) is 0 Å². The van der Waals surface area contributed by atoms with Gasteiger partial charge >= 0.3 is 0 Å². The lowest BCUT2D eigenvalue weighted by molar-refractivity contribution is 0.116. The van der Waals surface area contributed by atoms with Crippen LogP contribution in [0.5, 0.6) is 17.2 Å². The maximum absolute atomic E-state index is 6.51. The molecule has 4 aromatic rings. The normalized spacial score (nSPS) is 14.8. The van der Waals surface area contributed by atoms with Crippen LogP contribution in [-0.4, -0.2) is 41.1 Å². The summed E-state index contributed by atoms with van der Waals surface area (Å²) in [5, 5.41) is 4.75. The molecule has 0 atom stereocenters. The zero-order chi connectivity index (χ0) is 22.6. The lowest BCUT2D eigenvalue weighted by Gasteiger charge is -2.29. The van der Waals surface area contributed by atoms with Crippen LogP contribution in [0.15, 0.2) is 73.1 Å². The van der Waals surface area contributed by atoms with Crippen LogP contribution in [0.3, 0.4) is 0 Å². The number of likely N-dealkylation sites (tertiary alicyclic amines) is 1. The minimum absolute atomic E-state index is 0.184. The van der Waals surface area contributed by atoms with E-state index >= 15 is 0 Å². The van der Waals surface area contributed by atoms with Crippen LogP contribution in [-0.2, 0) is 0 Å². The van der Waals surface area contributed by atoms with Crippen molar-refractivity contribution in [1.29, 1.82) is 0 Å². The summed E-state index contributed by atoms with van der Waals surface area (Å²) in [5.74, 6) is 2.79. The van der Waals surface area contributed by atoms with Crippen LogP contribution in [0.1, 0.15) is 12.8 Å². The van der Waals surface area contributed by atoms with Gasteiger partial charge in [0.2, 0.25) is 0 Å². The molecular weight excluding hydrogens is 436 g/mol. The highest BCUT2D eigenvalue weighted by Crippen LogP contribution is 2.36. The highest BCUT2D eigenvalue weighted by molar-refractivity contribution is 6.32. The van der Waals surface area contributed by atoms with Crippen molar-refractivity contribution in [3.8, 4) is 17.2 Å². The molecule has 168 valence electrons. The zero-order valence-corrected chi connectivity index (χ0v) is 19.1. The summed E-state index contributed by atoms with van der Waals surface area (Å²) in [6.45, 7) is 2.07. The molecule has 1 aromatic heterocycles. The first-order valence-electron chi connectivity index (χ1n) is 11.0. The van der Waals surface area contributed by atoms with Gasteiger partial charge < -0.3 is 19.7 Å². The Morgan fingerprint density at radius 2 is 1.76 bits per heavy atom. The van der Waals surface area contributed by atoms with E-state index in [1.807, 2.05) is 66.7 Å². The number of nitrogens with zero attached hydrogens (tertiary/aromatic N) is 3. The van der Waals surface area contributed by atoms with Gasteiger partial charge in [-0.15, -0.1) is 0 Å². The smallest absolute Gasteiger partial charge is 0.146 e. The molecule has 0 bridgehead atoms. The monoisotopic (exact) mass is 460 g/mol. The largest absolute Gasteiger partial charge is 0.489 e. The molecule has 0 spiro atoms. The summed E-state index contributed by atoms with van der Waals surface area (Å²) in [6.07, 6.45) is 3.74. The van der Waals surface area contributed by atoms with E-state index in [1.54, 1.807) is 6.33 Å². The van der Waals surface area contributed by atoms with E-state index in [-0.39, 0.29) is 6.10 Å². The van der Waals surface area contributed by atoms with Crippen LogP contribution >= 0.6 is 11.6 Å². The van der Waals surface area contributed by atoms with Gasteiger partial charge in [0.1, 0.15) is 35.5 Å². The first-order chi connectivity index (χ1) is 16.2. The van der Waals surface area contributed by atoms with Crippen molar-refractivity contribution in [2.75, 3.05) is 25.5 Å². The molecule has 33 heavy (non-hydrogen) atoms. The standard InChI is InChI=1S/C26H25ClN4O2/c1-31-14-12-20(13-15-31)33-24-9-5-8-22-25(24)26(29-17-28-22)30-18-10-11-23(21(27)16-18)32-19-6-3-2-4-7-19/h2-11,16-17,20H,12-15H2,1H3,(H,28,29,30). The lowest BCUT2D eigenvalue weighted by atomic mass is 10.1. The van der Waals surface area contributed by atoms with Gasteiger partial charge in [-0.25, -0.2) is 9.97 Å².